The molecule has 41 heavy (non-hydrogen) atoms. The van der Waals surface area contributed by atoms with E-state index >= 15 is 0 Å². The Hall–Kier alpha value is -3.42. The normalized spacial score (nSPS) is 20.9. The van der Waals surface area contributed by atoms with Crippen molar-refractivity contribution in [2.24, 2.45) is 0 Å². The zero-order chi connectivity index (χ0) is 30.2. The number of amides is 2. The molecule has 2 atom stereocenters. The number of nitrogens with one attached hydrogen (secondary N) is 2. The number of piperidine rings is 1. The Kier molecular flexibility index (Phi) is 8.53. The molecule has 8 nitrogen and oxygen atoms in total. The number of aromatic nitrogens is 1. The van der Waals surface area contributed by atoms with Gasteiger partial charge in [-0.15, -0.1) is 13.2 Å². The summed E-state index contributed by atoms with van der Waals surface area (Å²) in [4.78, 5) is 31.5. The predicted molar refractivity (Wildman–Crippen MR) is 136 cm³/mol. The molecule has 3 heterocycles. The number of hydrogen-bond acceptors (Lipinski definition) is 6. The van der Waals surface area contributed by atoms with Crippen molar-refractivity contribution < 1.29 is 45.4 Å². The molecule has 2 aromatic rings. The molecule has 0 aliphatic carbocycles. The molecule has 0 spiro atoms. The molecule has 2 aliphatic rings. The smallest absolute Gasteiger partial charge is 0.474 e. The lowest BCUT2D eigenvalue weighted by Gasteiger charge is -2.40. The molecule has 224 valence electrons. The first kappa shape index (κ1) is 30.5. The van der Waals surface area contributed by atoms with Crippen molar-refractivity contribution in [1.29, 1.82) is 0 Å². The van der Waals surface area contributed by atoms with E-state index in [1.165, 1.54) is 38.2 Å². The van der Waals surface area contributed by atoms with Gasteiger partial charge in [-0.25, -0.2) is 4.98 Å². The third kappa shape index (κ3) is 7.86. The van der Waals surface area contributed by atoms with Gasteiger partial charge in [0.15, 0.2) is 17.1 Å². The minimum Gasteiger partial charge on any atom is -0.474 e. The summed E-state index contributed by atoms with van der Waals surface area (Å²) in [6.07, 6.45) is -5.55. The fraction of sp³-hybridized carbons (Fsp3) is 0.500. The number of ether oxygens (including phenoxy) is 2. The van der Waals surface area contributed by atoms with Crippen LogP contribution in [0, 0.1) is 0 Å². The minimum atomic E-state index is -4.99. The molecule has 2 fully saturated rings. The molecule has 2 bridgehead atoms. The van der Waals surface area contributed by atoms with Crippen molar-refractivity contribution in [3.05, 3.63) is 47.1 Å². The van der Waals surface area contributed by atoms with Gasteiger partial charge in [-0.3, -0.25) is 9.59 Å². The fourth-order valence-corrected chi connectivity index (χ4v) is 5.24. The van der Waals surface area contributed by atoms with E-state index in [4.69, 9.17) is 16.3 Å². The van der Waals surface area contributed by atoms with E-state index in [0.29, 0.717) is 18.7 Å². The van der Waals surface area contributed by atoms with E-state index in [1.54, 1.807) is 11.4 Å². The van der Waals surface area contributed by atoms with Crippen LogP contribution in [0.25, 0.3) is 0 Å². The number of alkyl halides is 6. The van der Waals surface area contributed by atoms with Crippen molar-refractivity contribution >= 4 is 29.2 Å². The van der Waals surface area contributed by atoms with E-state index < -0.39 is 42.2 Å². The van der Waals surface area contributed by atoms with Crippen molar-refractivity contribution in [3.63, 3.8) is 0 Å². The summed E-state index contributed by atoms with van der Waals surface area (Å²) >= 11 is 5.80. The monoisotopic (exact) mass is 608 g/mol. The third-order valence-corrected chi connectivity index (χ3v) is 7.07. The average Bonchev–Trinajstić information content (AvgIpc) is 3.12. The fourth-order valence-electron chi connectivity index (χ4n) is 5.08. The zero-order valence-electron chi connectivity index (χ0n) is 21.9. The summed E-state index contributed by atoms with van der Waals surface area (Å²) < 4.78 is 85.3. The zero-order valence-corrected chi connectivity index (χ0v) is 22.7. The van der Waals surface area contributed by atoms with Gasteiger partial charge in [-0.2, -0.15) is 13.2 Å². The first-order valence-electron chi connectivity index (χ1n) is 12.7. The van der Waals surface area contributed by atoms with E-state index in [1.807, 2.05) is 0 Å². The maximum Gasteiger partial charge on any atom is 0.573 e. The van der Waals surface area contributed by atoms with E-state index in [2.05, 4.69) is 19.9 Å². The first-order chi connectivity index (χ1) is 19.0. The molecule has 1 aromatic heterocycles. The molecule has 15 heteroatoms. The molecule has 4 rings (SSSR count). The van der Waals surface area contributed by atoms with Crippen molar-refractivity contribution in [3.8, 4) is 11.5 Å². The lowest BCUT2D eigenvalue weighted by atomic mass is 9.96. The molecule has 2 saturated heterocycles. The van der Waals surface area contributed by atoms with Crippen LogP contribution in [0.2, 0.25) is 5.02 Å². The maximum atomic E-state index is 13.1. The summed E-state index contributed by atoms with van der Waals surface area (Å²) in [5.74, 6) is -1.82. The van der Waals surface area contributed by atoms with E-state index in [0.717, 1.165) is 18.9 Å². The van der Waals surface area contributed by atoms with Gasteiger partial charge in [0.25, 0.3) is 11.8 Å². The number of pyridine rings is 1. The van der Waals surface area contributed by atoms with E-state index in [-0.39, 0.29) is 34.5 Å². The summed E-state index contributed by atoms with van der Waals surface area (Å²) in [7, 11) is 0. The van der Waals surface area contributed by atoms with Gasteiger partial charge in [0.1, 0.15) is 12.4 Å². The Morgan fingerprint density at radius 2 is 1.66 bits per heavy atom. The first-order valence-corrected chi connectivity index (χ1v) is 13.0. The lowest BCUT2D eigenvalue weighted by Crippen LogP contribution is -2.55. The quantitative estimate of drug-likeness (QED) is 0.390. The SMILES string of the molecule is CC(C)(Oc1ccc(Cl)cc1OC(F)(F)F)C(=O)NC1CC2CCC(C1)N2c1ccc(C(=O)NCC(F)(F)F)cn1. The highest BCUT2D eigenvalue weighted by molar-refractivity contribution is 6.30. The number of rotatable bonds is 8. The van der Waals surface area contributed by atoms with Crippen LogP contribution in [0.5, 0.6) is 11.5 Å². The standard InChI is InChI=1S/C26H27ClF6N4O4/c1-24(2,40-19-7-4-15(27)9-20(19)41-26(31,32)33)23(39)36-16-10-17-5-6-18(11-16)37(17)21-8-3-14(12-34-21)22(38)35-13-25(28,29)30/h3-4,7-9,12,16-18H,5-6,10-11,13H2,1-2H3,(H,35,38)(H,36,39). The van der Waals surface area contributed by atoms with Gasteiger partial charge >= 0.3 is 12.5 Å². The molecule has 2 amide bonds. The second kappa shape index (κ2) is 11.5. The average molecular weight is 609 g/mol. The van der Waals surface area contributed by atoms with Gasteiger partial charge in [0, 0.05) is 35.4 Å². The van der Waals surface area contributed by atoms with Crippen LogP contribution < -0.4 is 25.0 Å². The Morgan fingerprint density at radius 3 is 2.22 bits per heavy atom. The van der Waals surface area contributed by atoms with Crippen LogP contribution >= 0.6 is 11.6 Å². The van der Waals surface area contributed by atoms with Gasteiger partial charge in [-0.1, -0.05) is 11.6 Å². The predicted octanol–water partition coefficient (Wildman–Crippen LogP) is 5.40. The van der Waals surface area contributed by atoms with Gasteiger partial charge in [-0.05, 0) is 63.8 Å². The van der Waals surface area contributed by atoms with Crippen LogP contribution in [0.3, 0.4) is 0 Å². The molecular formula is C26H27ClF6N4O4. The van der Waals surface area contributed by atoms with Crippen molar-refractivity contribution in [1.82, 2.24) is 15.6 Å². The van der Waals surface area contributed by atoms with E-state index in [9.17, 15) is 35.9 Å². The molecular weight excluding hydrogens is 582 g/mol. The van der Waals surface area contributed by atoms with Crippen molar-refractivity contribution in [2.45, 2.75) is 75.8 Å². The van der Waals surface area contributed by atoms with Gasteiger partial charge in [0.05, 0.1) is 5.56 Å². The molecule has 2 aliphatic heterocycles. The molecule has 1 aromatic carbocycles. The lowest BCUT2D eigenvalue weighted by molar-refractivity contribution is -0.275. The number of benzene rings is 1. The number of anilines is 1. The summed E-state index contributed by atoms with van der Waals surface area (Å²) in [5, 5.41) is 4.74. The maximum absolute atomic E-state index is 13.1. The molecule has 0 radical (unpaired) electrons. The minimum absolute atomic E-state index is 0.000735. The third-order valence-electron chi connectivity index (χ3n) is 6.84. The Balaban J connectivity index is 1.37. The highest BCUT2D eigenvalue weighted by Gasteiger charge is 2.43. The second-order valence-electron chi connectivity index (χ2n) is 10.4. The van der Waals surface area contributed by atoms with Crippen LogP contribution in [0.1, 0.15) is 49.9 Å². The highest BCUT2D eigenvalue weighted by atomic mass is 35.5. The molecule has 2 N–H and O–H groups in total. The van der Waals surface area contributed by atoms with Crippen LogP contribution in [0.15, 0.2) is 36.5 Å². The topological polar surface area (TPSA) is 92.8 Å². The number of hydrogen-bond donors (Lipinski definition) is 2. The number of carbonyl (C=O) groups is 2. The summed E-state index contributed by atoms with van der Waals surface area (Å²) in [5.41, 5.74) is -1.56. The van der Waals surface area contributed by atoms with Crippen LogP contribution in [-0.4, -0.2) is 59.6 Å². The number of nitrogens with zero attached hydrogens (tertiary/aromatic N) is 2. The summed E-state index contributed by atoms with van der Waals surface area (Å²) in [6, 6.07) is 6.20. The number of fused-ring (bicyclic) bond motifs is 2. The second-order valence-corrected chi connectivity index (χ2v) is 10.8. The van der Waals surface area contributed by atoms with Gasteiger partial charge < -0.3 is 25.0 Å². The molecule has 2 unspecified atom stereocenters. The Morgan fingerprint density at radius 1 is 1.00 bits per heavy atom. The molecule has 0 saturated carbocycles. The van der Waals surface area contributed by atoms with Crippen molar-refractivity contribution in [2.75, 3.05) is 11.4 Å². The summed E-state index contributed by atoms with van der Waals surface area (Å²) in [6.45, 7) is 1.41. The largest absolute Gasteiger partial charge is 0.573 e. The van der Waals surface area contributed by atoms with Gasteiger partial charge in [0.2, 0.25) is 0 Å². The highest BCUT2D eigenvalue weighted by Crippen LogP contribution is 2.40. The van der Waals surface area contributed by atoms with Crippen LogP contribution in [-0.2, 0) is 4.79 Å². The number of carbonyl (C=O) groups excluding carboxylic acids is 2. The number of halogens is 7. The van der Waals surface area contributed by atoms with Crippen LogP contribution in [0.4, 0.5) is 32.2 Å². The Labute approximate surface area is 236 Å². The Bertz CT molecular complexity index is 1260.